The van der Waals surface area contributed by atoms with Crippen molar-refractivity contribution < 1.29 is 4.42 Å². The van der Waals surface area contributed by atoms with Crippen LogP contribution in [0.2, 0.25) is 0 Å². The van der Waals surface area contributed by atoms with Crippen molar-refractivity contribution in [2.24, 2.45) is 0 Å². The fraction of sp³-hybridized carbons (Fsp3) is 0. The van der Waals surface area contributed by atoms with Crippen LogP contribution in [-0.4, -0.2) is 30.6 Å². The molecule has 0 aliphatic carbocycles. The Morgan fingerprint density at radius 2 is 0.772 bits per heavy atom. The van der Waals surface area contributed by atoms with Gasteiger partial charge in [-0.1, -0.05) is 181 Å². The number of fused-ring (bicyclic) bond motifs is 3. The topological polar surface area (TPSA) is 51.8 Å². The second-order valence-electron chi connectivity index (χ2n) is 14.1. The SMILES string of the molecule is [B]c1ccc(-c2ccc(-c3cc(-c4ccc(-c5ccc([B])cc5)cc4)c4oc5cccc(-c6nc(-c7ccccc7)nc(-c7ccccc7)n6)c5c4c3)cc2)cc1. The number of aromatic nitrogens is 3. The summed E-state index contributed by atoms with van der Waals surface area (Å²) in [5, 5.41) is 1.91. The maximum Gasteiger partial charge on any atom is 0.164 e. The van der Waals surface area contributed by atoms with Gasteiger partial charge in [-0.05, 0) is 57.1 Å². The summed E-state index contributed by atoms with van der Waals surface area (Å²) in [6.45, 7) is 0. The van der Waals surface area contributed by atoms with Crippen LogP contribution < -0.4 is 10.9 Å². The number of furan rings is 1. The molecular weight excluding hydrogens is 692 g/mol. The molecule has 0 unspecified atom stereocenters. The number of nitrogens with zero attached hydrogens (tertiary/aromatic N) is 3. The molecular formula is C51H31B2N3O. The van der Waals surface area contributed by atoms with Crippen LogP contribution in [0.15, 0.2) is 192 Å². The van der Waals surface area contributed by atoms with Crippen LogP contribution in [0.25, 0.3) is 101 Å². The summed E-state index contributed by atoms with van der Waals surface area (Å²) in [6.07, 6.45) is 0. The van der Waals surface area contributed by atoms with Gasteiger partial charge >= 0.3 is 0 Å². The van der Waals surface area contributed by atoms with Gasteiger partial charge in [0.2, 0.25) is 0 Å². The van der Waals surface area contributed by atoms with Crippen LogP contribution in [0.1, 0.15) is 0 Å². The fourth-order valence-electron chi connectivity index (χ4n) is 7.47. The van der Waals surface area contributed by atoms with Gasteiger partial charge in [0, 0.05) is 33.0 Å². The van der Waals surface area contributed by atoms with Crippen molar-refractivity contribution >= 4 is 48.6 Å². The van der Waals surface area contributed by atoms with E-state index in [1.54, 1.807) is 0 Å². The molecule has 4 nitrogen and oxygen atoms in total. The lowest BCUT2D eigenvalue weighted by Gasteiger charge is -2.11. The Kier molecular flexibility index (Phi) is 8.65. The van der Waals surface area contributed by atoms with Crippen molar-refractivity contribution in [2.75, 3.05) is 0 Å². The average Bonchev–Trinajstić information content (AvgIpc) is 3.66. The minimum Gasteiger partial charge on any atom is -0.455 e. The summed E-state index contributed by atoms with van der Waals surface area (Å²) in [6, 6.07) is 63.8. The second-order valence-corrected chi connectivity index (χ2v) is 14.1. The minimum absolute atomic E-state index is 0.573. The van der Waals surface area contributed by atoms with Crippen LogP contribution in [-0.2, 0) is 0 Å². The zero-order valence-corrected chi connectivity index (χ0v) is 30.8. The highest BCUT2D eigenvalue weighted by Gasteiger charge is 2.21. The molecule has 0 N–H and O–H groups in total. The van der Waals surface area contributed by atoms with Crippen LogP contribution in [0.5, 0.6) is 0 Å². The maximum absolute atomic E-state index is 6.84. The Morgan fingerprint density at radius 3 is 1.28 bits per heavy atom. The lowest BCUT2D eigenvalue weighted by molar-refractivity contribution is 0.670. The molecule has 2 aromatic heterocycles. The first-order valence-corrected chi connectivity index (χ1v) is 18.8. The Hall–Kier alpha value is -7.30. The molecule has 8 aromatic carbocycles. The molecule has 57 heavy (non-hydrogen) atoms. The van der Waals surface area contributed by atoms with E-state index in [4.69, 9.17) is 35.1 Å². The quantitative estimate of drug-likeness (QED) is 0.154. The molecule has 0 saturated heterocycles. The molecule has 6 heteroatoms. The zero-order chi connectivity index (χ0) is 38.3. The Labute approximate surface area is 333 Å². The molecule has 0 bridgehead atoms. The van der Waals surface area contributed by atoms with E-state index in [0.717, 1.165) is 94.1 Å². The molecule has 0 fully saturated rings. The van der Waals surface area contributed by atoms with Crippen molar-refractivity contribution in [1.82, 2.24) is 15.0 Å². The van der Waals surface area contributed by atoms with E-state index in [1.807, 2.05) is 109 Å². The highest BCUT2D eigenvalue weighted by molar-refractivity contribution is 6.32. The van der Waals surface area contributed by atoms with E-state index < -0.39 is 0 Å². The Morgan fingerprint density at radius 1 is 0.333 bits per heavy atom. The summed E-state index contributed by atoms with van der Waals surface area (Å²) in [4.78, 5) is 15.2. The van der Waals surface area contributed by atoms with E-state index in [9.17, 15) is 0 Å². The monoisotopic (exact) mass is 723 g/mol. The highest BCUT2D eigenvalue weighted by Crippen LogP contribution is 2.43. The van der Waals surface area contributed by atoms with Crippen LogP contribution in [0.4, 0.5) is 0 Å². The van der Waals surface area contributed by atoms with E-state index in [2.05, 4.69) is 78.9 Å². The number of benzene rings is 8. The Balaban J connectivity index is 1.18. The van der Waals surface area contributed by atoms with Crippen molar-refractivity contribution in [3.05, 3.63) is 188 Å². The average molecular weight is 723 g/mol. The minimum atomic E-state index is 0.573. The van der Waals surface area contributed by atoms with Crippen molar-refractivity contribution in [2.45, 2.75) is 0 Å². The van der Waals surface area contributed by atoms with Gasteiger partial charge in [0.05, 0.1) is 0 Å². The molecule has 2 heterocycles. The molecule has 10 aromatic rings. The normalized spacial score (nSPS) is 11.3. The molecule has 4 radical (unpaired) electrons. The Bertz CT molecular complexity index is 2980. The van der Waals surface area contributed by atoms with E-state index in [1.165, 1.54) is 0 Å². The highest BCUT2D eigenvalue weighted by atomic mass is 16.3. The molecule has 0 atom stereocenters. The standard InChI is InChI=1S/C51H31B2N3O/c52-41-26-22-34(23-27-41)32-14-16-36(17-15-32)40-30-44(37-20-18-33(19-21-37)35-24-28-42(53)29-25-35)48-45(31-40)47-43(12-7-13-46(47)57-48)51-55-49(38-8-3-1-4-9-38)54-50(56-51)39-10-5-2-6-11-39/h1-31H. The third-order valence-electron chi connectivity index (χ3n) is 10.4. The predicted molar refractivity (Wildman–Crippen MR) is 236 cm³/mol. The third kappa shape index (κ3) is 6.62. The van der Waals surface area contributed by atoms with E-state index in [-0.39, 0.29) is 0 Å². The first-order chi connectivity index (χ1) is 28.0. The summed E-state index contributed by atoms with van der Waals surface area (Å²) < 4.78 is 6.84. The van der Waals surface area contributed by atoms with Crippen LogP contribution >= 0.6 is 0 Å². The van der Waals surface area contributed by atoms with Gasteiger partial charge in [0.15, 0.2) is 17.5 Å². The second kappa shape index (κ2) is 14.4. The van der Waals surface area contributed by atoms with Crippen LogP contribution in [0.3, 0.4) is 0 Å². The van der Waals surface area contributed by atoms with Gasteiger partial charge in [-0.2, -0.15) is 0 Å². The molecule has 0 saturated carbocycles. The molecule has 0 spiro atoms. The summed E-state index contributed by atoms with van der Waals surface area (Å²) >= 11 is 0. The van der Waals surface area contributed by atoms with Gasteiger partial charge in [-0.15, -0.1) is 0 Å². The lowest BCUT2D eigenvalue weighted by atomic mass is 9.91. The first kappa shape index (κ1) is 34.2. The lowest BCUT2D eigenvalue weighted by Crippen LogP contribution is -2.00. The number of hydrogen-bond donors (Lipinski definition) is 0. The van der Waals surface area contributed by atoms with Gasteiger partial charge in [0.1, 0.15) is 26.9 Å². The largest absolute Gasteiger partial charge is 0.455 e. The smallest absolute Gasteiger partial charge is 0.164 e. The van der Waals surface area contributed by atoms with Crippen molar-refractivity contribution in [3.8, 4) is 78.7 Å². The van der Waals surface area contributed by atoms with Gasteiger partial charge in [-0.3, -0.25) is 0 Å². The fourth-order valence-corrected chi connectivity index (χ4v) is 7.47. The molecule has 262 valence electrons. The van der Waals surface area contributed by atoms with Gasteiger partial charge in [-0.25, -0.2) is 15.0 Å². The molecule has 0 aliphatic heterocycles. The van der Waals surface area contributed by atoms with Crippen molar-refractivity contribution in [1.29, 1.82) is 0 Å². The van der Waals surface area contributed by atoms with Gasteiger partial charge in [0.25, 0.3) is 0 Å². The van der Waals surface area contributed by atoms with E-state index in [0.29, 0.717) is 17.5 Å². The van der Waals surface area contributed by atoms with Crippen molar-refractivity contribution in [3.63, 3.8) is 0 Å². The molecule has 10 rings (SSSR count). The van der Waals surface area contributed by atoms with Gasteiger partial charge < -0.3 is 4.42 Å². The molecule has 0 aliphatic rings. The maximum atomic E-state index is 6.84. The first-order valence-electron chi connectivity index (χ1n) is 18.8. The zero-order valence-electron chi connectivity index (χ0n) is 30.8. The predicted octanol–water partition coefficient (Wildman–Crippen LogP) is 11.0. The number of hydrogen-bond acceptors (Lipinski definition) is 4. The van der Waals surface area contributed by atoms with Crippen LogP contribution in [0, 0.1) is 0 Å². The number of rotatable bonds is 7. The van der Waals surface area contributed by atoms with E-state index >= 15 is 0 Å². The summed E-state index contributed by atoms with van der Waals surface area (Å²) in [7, 11) is 12.0. The molecule has 0 amide bonds. The summed E-state index contributed by atoms with van der Waals surface area (Å²) in [5.74, 6) is 1.78. The summed E-state index contributed by atoms with van der Waals surface area (Å²) in [5.41, 5.74) is 14.3. The third-order valence-corrected chi connectivity index (χ3v) is 10.4.